The van der Waals surface area contributed by atoms with Crippen molar-refractivity contribution in [3.05, 3.63) is 35.6 Å². The van der Waals surface area contributed by atoms with Gasteiger partial charge in [0.25, 0.3) is 0 Å². The molecule has 1 unspecified atom stereocenters. The Bertz CT molecular complexity index is 781. The Morgan fingerprint density at radius 1 is 1.33 bits per heavy atom. The van der Waals surface area contributed by atoms with E-state index in [1.165, 1.54) is 12.1 Å². The second-order valence-corrected chi connectivity index (χ2v) is 7.60. The average molecular weight is 309 g/mol. The lowest BCUT2D eigenvalue weighted by atomic mass is 10.1. The summed E-state index contributed by atoms with van der Waals surface area (Å²) in [5.74, 6) is 0.394. The van der Waals surface area contributed by atoms with Crippen LogP contribution in [-0.2, 0) is 9.84 Å². The standard InChI is InChI=1S/C14H16FN3O2S/c1-9-13(10-2-4-11(15)5-3-10)17-18(14(9)16)12-6-7-21(19,20)8-12/h2-5,12H,6-8,16H2,1H3. The summed E-state index contributed by atoms with van der Waals surface area (Å²) in [7, 11) is -3.00. The molecule has 112 valence electrons. The van der Waals surface area contributed by atoms with Crippen molar-refractivity contribution in [2.45, 2.75) is 19.4 Å². The van der Waals surface area contributed by atoms with E-state index in [1.54, 1.807) is 16.8 Å². The molecule has 2 N–H and O–H groups in total. The van der Waals surface area contributed by atoms with Crippen molar-refractivity contribution in [2.75, 3.05) is 17.2 Å². The summed E-state index contributed by atoms with van der Waals surface area (Å²) in [6.45, 7) is 1.83. The maximum Gasteiger partial charge on any atom is 0.152 e. The molecule has 1 saturated heterocycles. The third-order valence-corrected chi connectivity index (χ3v) is 5.62. The monoisotopic (exact) mass is 309 g/mol. The van der Waals surface area contributed by atoms with Crippen molar-refractivity contribution in [2.24, 2.45) is 0 Å². The maximum atomic E-state index is 13.0. The fourth-order valence-corrected chi connectivity index (χ4v) is 4.35. The number of anilines is 1. The van der Waals surface area contributed by atoms with E-state index in [4.69, 9.17) is 5.73 Å². The number of nitrogens with two attached hydrogens (primary N) is 1. The molecule has 0 spiro atoms. The molecule has 1 aromatic carbocycles. The van der Waals surface area contributed by atoms with Crippen LogP contribution in [0.5, 0.6) is 0 Å². The van der Waals surface area contributed by atoms with E-state index < -0.39 is 9.84 Å². The Morgan fingerprint density at radius 2 is 2.00 bits per heavy atom. The van der Waals surface area contributed by atoms with Gasteiger partial charge in [-0.1, -0.05) is 0 Å². The van der Waals surface area contributed by atoms with E-state index in [-0.39, 0.29) is 23.4 Å². The van der Waals surface area contributed by atoms with Gasteiger partial charge in [0, 0.05) is 11.1 Å². The number of nitrogen functional groups attached to an aromatic ring is 1. The van der Waals surface area contributed by atoms with Crippen molar-refractivity contribution >= 4 is 15.7 Å². The molecule has 0 saturated carbocycles. The Kier molecular flexibility index (Phi) is 3.24. The lowest BCUT2D eigenvalue weighted by molar-refractivity contribution is 0.508. The minimum absolute atomic E-state index is 0.0706. The summed E-state index contributed by atoms with van der Waals surface area (Å²) < 4.78 is 37.8. The number of rotatable bonds is 2. The predicted octanol–water partition coefficient (Wildman–Crippen LogP) is 1.94. The highest BCUT2D eigenvalue weighted by molar-refractivity contribution is 7.91. The summed E-state index contributed by atoms with van der Waals surface area (Å²) in [4.78, 5) is 0. The van der Waals surface area contributed by atoms with Crippen molar-refractivity contribution < 1.29 is 12.8 Å². The third kappa shape index (κ3) is 2.53. The Balaban J connectivity index is 2.02. The van der Waals surface area contributed by atoms with E-state index >= 15 is 0 Å². The van der Waals surface area contributed by atoms with Gasteiger partial charge in [-0.3, -0.25) is 0 Å². The molecule has 5 nitrogen and oxygen atoms in total. The van der Waals surface area contributed by atoms with Crippen molar-refractivity contribution in [3.63, 3.8) is 0 Å². The molecule has 1 atom stereocenters. The highest BCUT2D eigenvalue weighted by Gasteiger charge is 2.31. The number of aromatic nitrogens is 2. The van der Waals surface area contributed by atoms with Gasteiger partial charge in [0.05, 0.1) is 23.2 Å². The van der Waals surface area contributed by atoms with Crippen molar-refractivity contribution in [1.29, 1.82) is 0 Å². The first-order chi connectivity index (χ1) is 9.87. The topological polar surface area (TPSA) is 78.0 Å². The van der Waals surface area contributed by atoms with Crippen LogP contribution in [0, 0.1) is 12.7 Å². The number of halogens is 1. The molecule has 2 heterocycles. The molecular formula is C14H16FN3O2S. The quantitative estimate of drug-likeness (QED) is 0.919. The summed E-state index contributed by atoms with van der Waals surface area (Å²) in [6.07, 6.45) is 0.524. The summed E-state index contributed by atoms with van der Waals surface area (Å²) >= 11 is 0. The van der Waals surface area contributed by atoms with Gasteiger partial charge in [-0.25, -0.2) is 17.5 Å². The summed E-state index contributed by atoms with van der Waals surface area (Å²) in [5, 5.41) is 4.46. The van der Waals surface area contributed by atoms with Crippen LogP contribution in [0.25, 0.3) is 11.3 Å². The SMILES string of the molecule is Cc1c(-c2ccc(F)cc2)nn(C2CCS(=O)(=O)C2)c1N. The number of hydrogen-bond donors (Lipinski definition) is 1. The molecule has 21 heavy (non-hydrogen) atoms. The molecule has 3 rings (SSSR count). The minimum atomic E-state index is -3.00. The zero-order valence-electron chi connectivity index (χ0n) is 11.6. The molecule has 1 aliphatic heterocycles. The van der Waals surface area contributed by atoms with Crippen LogP contribution < -0.4 is 5.73 Å². The minimum Gasteiger partial charge on any atom is -0.384 e. The molecule has 0 bridgehead atoms. The molecule has 7 heteroatoms. The molecular weight excluding hydrogens is 293 g/mol. The average Bonchev–Trinajstić information content (AvgIpc) is 2.93. The third-order valence-electron chi connectivity index (χ3n) is 3.87. The number of benzene rings is 1. The van der Waals surface area contributed by atoms with Crippen LogP contribution in [0.4, 0.5) is 10.2 Å². The van der Waals surface area contributed by atoms with E-state index in [2.05, 4.69) is 5.10 Å². The largest absolute Gasteiger partial charge is 0.384 e. The molecule has 1 aliphatic rings. The van der Waals surface area contributed by atoms with Gasteiger partial charge in [-0.05, 0) is 37.6 Å². The lowest BCUT2D eigenvalue weighted by Gasteiger charge is -2.10. The van der Waals surface area contributed by atoms with Crippen LogP contribution >= 0.6 is 0 Å². The highest BCUT2D eigenvalue weighted by Crippen LogP contribution is 2.32. The van der Waals surface area contributed by atoms with E-state index in [0.29, 0.717) is 17.9 Å². The van der Waals surface area contributed by atoms with Gasteiger partial charge in [-0.2, -0.15) is 5.10 Å². The van der Waals surface area contributed by atoms with Crippen LogP contribution in [0.1, 0.15) is 18.0 Å². The van der Waals surface area contributed by atoms with Gasteiger partial charge >= 0.3 is 0 Å². The Morgan fingerprint density at radius 3 is 2.57 bits per heavy atom. The van der Waals surface area contributed by atoms with Crippen molar-refractivity contribution in [3.8, 4) is 11.3 Å². The fraction of sp³-hybridized carbons (Fsp3) is 0.357. The molecule has 0 aliphatic carbocycles. The normalized spacial score (nSPS) is 20.8. The second-order valence-electron chi connectivity index (χ2n) is 5.37. The zero-order chi connectivity index (χ0) is 15.2. The predicted molar refractivity (Wildman–Crippen MR) is 79.1 cm³/mol. The fourth-order valence-electron chi connectivity index (χ4n) is 2.66. The maximum absolute atomic E-state index is 13.0. The van der Waals surface area contributed by atoms with Crippen LogP contribution in [0.2, 0.25) is 0 Å². The molecule has 1 aromatic heterocycles. The smallest absolute Gasteiger partial charge is 0.152 e. The van der Waals surface area contributed by atoms with Crippen LogP contribution in [0.3, 0.4) is 0 Å². The van der Waals surface area contributed by atoms with Gasteiger partial charge < -0.3 is 5.73 Å². The van der Waals surface area contributed by atoms with E-state index in [9.17, 15) is 12.8 Å². The highest BCUT2D eigenvalue weighted by atomic mass is 32.2. The molecule has 0 radical (unpaired) electrons. The van der Waals surface area contributed by atoms with Crippen LogP contribution in [-0.4, -0.2) is 29.7 Å². The second kappa shape index (κ2) is 4.84. The van der Waals surface area contributed by atoms with Crippen LogP contribution in [0.15, 0.2) is 24.3 Å². The molecule has 1 fully saturated rings. The lowest BCUT2D eigenvalue weighted by Crippen LogP contribution is -2.14. The van der Waals surface area contributed by atoms with Gasteiger partial charge in [0.15, 0.2) is 9.84 Å². The van der Waals surface area contributed by atoms with Gasteiger partial charge in [-0.15, -0.1) is 0 Å². The van der Waals surface area contributed by atoms with Gasteiger partial charge in [0.1, 0.15) is 11.6 Å². The summed E-state index contributed by atoms with van der Waals surface area (Å²) in [6, 6.07) is 5.79. The van der Waals surface area contributed by atoms with E-state index in [1.807, 2.05) is 6.92 Å². The first kappa shape index (κ1) is 14.1. The van der Waals surface area contributed by atoms with E-state index in [0.717, 1.165) is 11.1 Å². The molecule has 2 aromatic rings. The molecule has 0 amide bonds. The first-order valence-corrected chi connectivity index (χ1v) is 8.50. The van der Waals surface area contributed by atoms with Crippen molar-refractivity contribution in [1.82, 2.24) is 9.78 Å². The van der Waals surface area contributed by atoms with Gasteiger partial charge in [0.2, 0.25) is 0 Å². The first-order valence-electron chi connectivity index (χ1n) is 6.68. The number of sulfone groups is 1. The number of hydrogen-bond acceptors (Lipinski definition) is 4. The Hall–Kier alpha value is -1.89. The summed E-state index contributed by atoms with van der Waals surface area (Å²) in [5.41, 5.74) is 8.28. The Labute approximate surface area is 122 Å². The zero-order valence-corrected chi connectivity index (χ0v) is 12.4. The number of nitrogens with zero attached hydrogens (tertiary/aromatic N) is 2.